The quantitative estimate of drug-likeness (QED) is 0.821. The van der Waals surface area contributed by atoms with E-state index >= 15 is 0 Å². The minimum atomic E-state index is 0.0790. The van der Waals surface area contributed by atoms with Gasteiger partial charge in [-0.25, -0.2) is 0 Å². The van der Waals surface area contributed by atoms with E-state index in [0.717, 1.165) is 39.2 Å². The van der Waals surface area contributed by atoms with Crippen molar-refractivity contribution in [3.05, 3.63) is 22.4 Å². The summed E-state index contributed by atoms with van der Waals surface area (Å²) in [6, 6.07) is 4.30. The molecule has 0 unspecified atom stereocenters. The molecule has 2 fully saturated rings. The lowest BCUT2D eigenvalue weighted by molar-refractivity contribution is -0.137. The zero-order valence-corrected chi connectivity index (χ0v) is 14.6. The molecule has 2 saturated heterocycles. The maximum absolute atomic E-state index is 12.3. The summed E-state index contributed by atoms with van der Waals surface area (Å²) in [5.41, 5.74) is 0.0790. The van der Waals surface area contributed by atoms with Crippen molar-refractivity contribution in [1.82, 2.24) is 9.80 Å². The standard InChI is InChI=1S/C17H26N2O3S/c1-2-21-11-16(20)19-7-8-22-14-17(13-19)5-6-18(12-17)10-15-4-3-9-23-15/h3-4,9H,2,5-8,10-14H2,1H3/t17-/m1/s1. The topological polar surface area (TPSA) is 42.0 Å². The first-order chi connectivity index (χ1) is 11.2. The molecule has 0 aromatic carbocycles. The van der Waals surface area contributed by atoms with Crippen LogP contribution in [0.1, 0.15) is 18.2 Å². The third kappa shape index (κ3) is 4.32. The second-order valence-electron chi connectivity index (χ2n) is 6.55. The summed E-state index contributed by atoms with van der Waals surface area (Å²) in [5, 5.41) is 2.13. The number of hydrogen-bond donors (Lipinski definition) is 0. The molecule has 2 aliphatic rings. The normalized spacial score (nSPS) is 25.9. The maximum atomic E-state index is 12.3. The molecule has 128 valence electrons. The number of hydrogen-bond acceptors (Lipinski definition) is 5. The van der Waals surface area contributed by atoms with Crippen LogP contribution < -0.4 is 0 Å². The van der Waals surface area contributed by atoms with Crippen LogP contribution in [-0.2, 0) is 20.8 Å². The highest BCUT2D eigenvalue weighted by atomic mass is 32.1. The van der Waals surface area contributed by atoms with Crippen molar-refractivity contribution in [2.75, 3.05) is 52.6 Å². The minimum absolute atomic E-state index is 0.0790. The van der Waals surface area contributed by atoms with E-state index in [4.69, 9.17) is 9.47 Å². The molecule has 5 nitrogen and oxygen atoms in total. The number of thiophene rings is 1. The Morgan fingerprint density at radius 2 is 2.35 bits per heavy atom. The number of carbonyl (C=O) groups is 1. The lowest BCUT2D eigenvalue weighted by atomic mass is 9.87. The monoisotopic (exact) mass is 338 g/mol. The smallest absolute Gasteiger partial charge is 0.248 e. The number of likely N-dealkylation sites (tertiary alicyclic amines) is 1. The summed E-state index contributed by atoms with van der Waals surface area (Å²) >= 11 is 1.81. The zero-order chi connectivity index (χ0) is 16.1. The predicted molar refractivity (Wildman–Crippen MR) is 90.5 cm³/mol. The lowest BCUT2D eigenvalue weighted by Crippen LogP contribution is -2.44. The van der Waals surface area contributed by atoms with E-state index in [0.29, 0.717) is 19.8 Å². The van der Waals surface area contributed by atoms with Gasteiger partial charge >= 0.3 is 0 Å². The molecule has 0 saturated carbocycles. The first kappa shape index (κ1) is 16.9. The molecule has 1 aromatic rings. The second kappa shape index (κ2) is 7.75. The molecule has 3 heterocycles. The van der Waals surface area contributed by atoms with Crippen LogP contribution in [0.15, 0.2) is 17.5 Å². The van der Waals surface area contributed by atoms with Crippen LogP contribution in [0.2, 0.25) is 0 Å². The number of nitrogens with zero attached hydrogens (tertiary/aromatic N) is 2. The van der Waals surface area contributed by atoms with Gasteiger partial charge in [0.25, 0.3) is 0 Å². The van der Waals surface area contributed by atoms with Gasteiger partial charge in [-0.3, -0.25) is 9.69 Å². The molecule has 1 aromatic heterocycles. The summed E-state index contributed by atoms with van der Waals surface area (Å²) in [6.07, 6.45) is 1.09. The van der Waals surface area contributed by atoms with Crippen molar-refractivity contribution >= 4 is 17.2 Å². The van der Waals surface area contributed by atoms with Crippen molar-refractivity contribution in [2.24, 2.45) is 5.41 Å². The summed E-state index contributed by atoms with van der Waals surface area (Å²) in [4.78, 5) is 18.2. The Morgan fingerprint density at radius 3 is 3.13 bits per heavy atom. The van der Waals surface area contributed by atoms with Crippen LogP contribution in [0, 0.1) is 5.41 Å². The molecular formula is C17H26N2O3S. The highest BCUT2D eigenvalue weighted by molar-refractivity contribution is 7.09. The van der Waals surface area contributed by atoms with Crippen LogP contribution in [0.25, 0.3) is 0 Å². The van der Waals surface area contributed by atoms with Gasteiger partial charge in [-0.05, 0) is 31.3 Å². The van der Waals surface area contributed by atoms with Gasteiger partial charge in [0, 0.05) is 43.1 Å². The molecule has 0 bridgehead atoms. The van der Waals surface area contributed by atoms with E-state index in [1.54, 1.807) is 0 Å². The number of rotatable bonds is 5. The fourth-order valence-corrected chi connectivity index (χ4v) is 4.27. The zero-order valence-electron chi connectivity index (χ0n) is 13.8. The van der Waals surface area contributed by atoms with Gasteiger partial charge in [-0.1, -0.05) is 6.07 Å². The van der Waals surface area contributed by atoms with Gasteiger partial charge in [-0.2, -0.15) is 0 Å². The average molecular weight is 338 g/mol. The van der Waals surface area contributed by atoms with E-state index in [2.05, 4.69) is 22.4 Å². The molecular weight excluding hydrogens is 312 g/mol. The van der Waals surface area contributed by atoms with Crippen molar-refractivity contribution in [3.63, 3.8) is 0 Å². The molecule has 1 spiro atoms. The van der Waals surface area contributed by atoms with Gasteiger partial charge < -0.3 is 14.4 Å². The lowest BCUT2D eigenvalue weighted by Gasteiger charge is -2.32. The van der Waals surface area contributed by atoms with E-state index in [1.807, 2.05) is 23.2 Å². The number of carbonyl (C=O) groups excluding carboxylic acids is 1. The molecule has 1 amide bonds. The summed E-state index contributed by atoms with van der Waals surface area (Å²) in [6.45, 7) is 8.63. The Kier molecular flexibility index (Phi) is 5.69. The van der Waals surface area contributed by atoms with Gasteiger partial charge in [0.2, 0.25) is 5.91 Å². The highest BCUT2D eigenvalue weighted by Crippen LogP contribution is 2.34. The first-order valence-corrected chi connectivity index (χ1v) is 9.27. The predicted octanol–water partition coefficient (Wildman–Crippen LogP) is 1.84. The summed E-state index contributed by atoms with van der Waals surface area (Å²) in [7, 11) is 0. The van der Waals surface area contributed by atoms with Crippen molar-refractivity contribution in [1.29, 1.82) is 0 Å². The van der Waals surface area contributed by atoms with Crippen LogP contribution in [0.5, 0.6) is 0 Å². The average Bonchev–Trinajstić information content (AvgIpc) is 3.13. The van der Waals surface area contributed by atoms with E-state index < -0.39 is 0 Å². The van der Waals surface area contributed by atoms with Crippen LogP contribution in [0.4, 0.5) is 0 Å². The summed E-state index contributed by atoms with van der Waals surface area (Å²) in [5.74, 6) is 0.0911. The molecule has 0 radical (unpaired) electrons. The van der Waals surface area contributed by atoms with Crippen LogP contribution in [0.3, 0.4) is 0 Å². The summed E-state index contributed by atoms with van der Waals surface area (Å²) < 4.78 is 11.1. The Morgan fingerprint density at radius 1 is 1.43 bits per heavy atom. The van der Waals surface area contributed by atoms with Crippen molar-refractivity contribution < 1.29 is 14.3 Å². The van der Waals surface area contributed by atoms with Crippen LogP contribution in [-0.4, -0.2) is 68.3 Å². The van der Waals surface area contributed by atoms with E-state index in [1.165, 1.54) is 4.88 Å². The Balaban J connectivity index is 1.60. The SMILES string of the molecule is CCOCC(=O)N1CCOC[C@@]2(CCN(Cc3cccs3)C2)C1. The molecule has 6 heteroatoms. The molecule has 23 heavy (non-hydrogen) atoms. The van der Waals surface area contributed by atoms with Gasteiger partial charge in [0.05, 0.1) is 13.2 Å². The van der Waals surface area contributed by atoms with E-state index in [9.17, 15) is 4.79 Å². The largest absolute Gasteiger partial charge is 0.379 e. The first-order valence-electron chi connectivity index (χ1n) is 8.39. The molecule has 0 aliphatic carbocycles. The Bertz CT molecular complexity index is 508. The fourth-order valence-electron chi connectivity index (χ4n) is 3.52. The van der Waals surface area contributed by atoms with Crippen LogP contribution >= 0.6 is 11.3 Å². The molecule has 0 N–H and O–H groups in total. The number of ether oxygens (including phenoxy) is 2. The van der Waals surface area contributed by atoms with Crippen molar-refractivity contribution in [3.8, 4) is 0 Å². The van der Waals surface area contributed by atoms with Gasteiger partial charge in [-0.15, -0.1) is 11.3 Å². The van der Waals surface area contributed by atoms with Gasteiger partial charge in [0.15, 0.2) is 0 Å². The number of amides is 1. The Hall–Kier alpha value is -0.950. The Labute approximate surface area is 142 Å². The molecule has 1 atom stereocenters. The minimum Gasteiger partial charge on any atom is -0.379 e. The third-order valence-electron chi connectivity index (χ3n) is 4.70. The molecule has 3 rings (SSSR count). The third-order valence-corrected chi connectivity index (χ3v) is 5.56. The van der Waals surface area contributed by atoms with Crippen molar-refractivity contribution in [2.45, 2.75) is 19.9 Å². The molecule has 2 aliphatic heterocycles. The fraction of sp³-hybridized carbons (Fsp3) is 0.706. The highest BCUT2D eigenvalue weighted by Gasteiger charge is 2.42. The van der Waals surface area contributed by atoms with Gasteiger partial charge in [0.1, 0.15) is 6.61 Å². The second-order valence-corrected chi connectivity index (χ2v) is 7.58. The van der Waals surface area contributed by atoms with E-state index in [-0.39, 0.29) is 17.9 Å². The maximum Gasteiger partial charge on any atom is 0.248 e.